The van der Waals surface area contributed by atoms with Gasteiger partial charge < -0.3 is 10.2 Å². The Morgan fingerprint density at radius 3 is 2.56 bits per heavy atom. The number of rotatable bonds is 5. The van der Waals surface area contributed by atoms with Crippen LogP contribution in [0.4, 0.5) is 4.39 Å². The number of carbonyl (C=O) groups excluding carboxylic acids is 2. The van der Waals surface area contributed by atoms with E-state index in [4.69, 9.17) is 0 Å². The van der Waals surface area contributed by atoms with Gasteiger partial charge in [0.2, 0.25) is 11.8 Å². The SMILES string of the molecule is CC(NC(=O)C1CC(=O)N(Cc2ccc(F)cc2)C1)c1ccccc1. The molecule has 0 spiro atoms. The molecule has 1 fully saturated rings. The Hall–Kier alpha value is -2.69. The van der Waals surface area contributed by atoms with Crippen molar-refractivity contribution in [3.05, 3.63) is 71.5 Å². The van der Waals surface area contributed by atoms with Crippen LogP contribution in [0.25, 0.3) is 0 Å². The van der Waals surface area contributed by atoms with E-state index >= 15 is 0 Å². The largest absolute Gasteiger partial charge is 0.349 e. The lowest BCUT2D eigenvalue weighted by Gasteiger charge is -2.19. The van der Waals surface area contributed by atoms with Crippen molar-refractivity contribution < 1.29 is 14.0 Å². The maximum Gasteiger partial charge on any atom is 0.225 e. The fourth-order valence-corrected chi connectivity index (χ4v) is 3.07. The molecular formula is C20H21FN2O2. The topological polar surface area (TPSA) is 49.4 Å². The Morgan fingerprint density at radius 1 is 1.20 bits per heavy atom. The van der Waals surface area contributed by atoms with Gasteiger partial charge in [0.25, 0.3) is 0 Å². The van der Waals surface area contributed by atoms with Crippen LogP contribution in [0, 0.1) is 11.7 Å². The van der Waals surface area contributed by atoms with Gasteiger partial charge in [0.1, 0.15) is 5.82 Å². The molecule has 0 aliphatic carbocycles. The molecule has 2 atom stereocenters. The maximum atomic E-state index is 13.0. The van der Waals surface area contributed by atoms with Crippen LogP contribution in [0.1, 0.15) is 30.5 Å². The van der Waals surface area contributed by atoms with Gasteiger partial charge in [-0.1, -0.05) is 42.5 Å². The van der Waals surface area contributed by atoms with E-state index in [1.807, 2.05) is 37.3 Å². The van der Waals surface area contributed by atoms with E-state index in [1.165, 1.54) is 12.1 Å². The first kappa shape index (κ1) is 17.1. The van der Waals surface area contributed by atoms with Gasteiger partial charge >= 0.3 is 0 Å². The Balaban J connectivity index is 1.58. The Bertz CT molecular complexity index is 746. The van der Waals surface area contributed by atoms with Crippen molar-refractivity contribution in [2.75, 3.05) is 6.54 Å². The number of carbonyl (C=O) groups is 2. The van der Waals surface area contributed by atoms with Crippen molar-refractivity contribution in [1.29, 1.82) is 0 Å². The molecule has 3 rings (SSSR count). The Morgan fingerprint density at radius 2 is 1.88 bits per heavy atom. The van der Waals surface area contributed by atoms with Gasteiger partial charge in [-0.25, -0.2) is 4.39 Å². The molecule has 2 unspecified atom stereocenters. The smallest absolute Gasteiger partial charge is 0.225 e. The molecule has 0 radical (unpaired) electrons. The summed E-state index contributed by atoms with van der Waals surface area (Å²) in [5.74, 6) is -0.800. The van der Waals surface area contributed by atoms with Gasteiger partial charge in [0.15, 0.2) is 0 Å². The third-order valence-corrected chi connectivity index (χ3v) is 4.53. The molecule has 2 aromatic carbocycles. The lowest BCUT2D eigenvalue weighted by Crippen LogP contribution is -2.34. The average molecular weight is 340 g/mol. The molecule has 4 nitrogen and oxygen atoms in total. The monoisotopic (exact) mass is 340 g/mol. The first-order valence-electron chi connectivity index (χ1n) is 8.40. The van der Waals surface area contributed by atoms with E-state index in [1.54, 1.807) is 17.0 Å². The van der Waals surface area contributed by atoms with Crippen LogP contribution in [0.5, 0.6) is 0 Å². The zero-order valence-electron chi connectivity index (χ0n) is 14.1. The molecule has 130 valence electrons. The van der Waals surface area contributed by atoms with Crippen molar-refractivity contribution in [2.45, 2.75) is 25.9 Å². The fourth-order valence-electron chi connectivity index (χ4n) is 3.07. The lowest BCUT2D eigenvalue weighted by molar-refractivity contribution is -0.129. The molecule has 25 heavy (non-hydrogen) atoms. The molecule has 0 bridgehead atoms. The first-order valence-corrected chi connectivity index (χ1v) is 8.40. The summed E-state index contributed by atoms with van der Waals surface area (Å²) < 4.78 is 13.0. The van der Waals surface area contributed by atoms with Crippen LogP contribution in [0.2, 0.25) is 0 Å². The van der Waals surface area contributed by atoms with E-state index in [0.29, 0.717) is 13.1 Å². The van der Waals surface area contributed by atoms with Crippen molar-refractivity contribution >= 4 is 11.8 Å². The number of hydrogen-bond acceptors (Lipinski definition) is 2. The van der Waals surface area contributed by atoms with Gasteiger partial charge in [-0.2, -0.15) is 0 Å². The quantitative estimate of drug-likeness (QED) is 0.909. The molecule has 2 aromatic rings. The summed E-state index contributed by atoms with van der Waals surface area (Å²) in [6.45, 7) is 2.72. The summed E-state index contributed by atoms with van der Waals surface area (Å²) in [5, 5.41) is 2.98. The minimum Gasteiger partial charge on any atom is -0.349 e. The van der Waals surface area contributed by atoms with Crippen molar-refractivity contribution in [1.82, 2.24) is 10.2 Å². The Kier molecular flexibility index (Phi) is 5.12. The van der Waals surface area contributed by atoms with Crippen molar-refractivity contribution in [3.8, 4) is 0 Å². The predicted octanol–water partition coefficient (Wildman–Crippen LogP) is 3.05. The summed E-state index contributed by atoms with van der Waals surface area (Å²) in [6.07, 6.45) is 0.217. The third kappa shape index (κ3) is 4.24. The van der Waals surface area contributed by atoms with E-state index in [-0.39, 0.29) is 36.0 Å². The second-order valence-electron chi connectivity index (χ2n) is 6.44. The van der Waals surface area contributed by atoms with E-state index in [2.05, 4.69) is 5.32 Å². The summed E-state index contributed by atoms with van der Waals surface area (Å²) in [7, 11) is 0. The van der Waals surface area contributed by atoms with Gasteiger partial charge in [0.05, 0.1) is 12.0 Å². The average Bonchev–Trinajstić information content (AvgIpc) is 2.98. The second-order valence-corrected chi connectivity index (χ2v) is 6.44. The van der Waals surface area contributed by atoms with Crippen LogP contribution >= 0.6 is 0 Å². The minimum absolute atomic E-state index is 0.0446. The summed E-state index contributed by atoms with van der Waals surface area (Å²) in [4.78, 5) is 26.3. The molecule has 1 aliphatic rings. The second kappa shape index (κ2) is 7.47. The summed E-state index contributed by atoms with van der Waals surface area (Å²) in [5.41, 5.74) is 1.89. The molecule has 0 aromatic heterocycles. The Labute approximate surface area is 146 Å². The molecule has 5 heteroatoms. The summed E-state index contributed by atoms with van der Waals surface area (Å²) >= 11 is 0. The number of amides is 2. The van der Waals surface area contributed by atoms with Gasteiger partial charge in [-0.15, -0.1) is 0 Å². The molecule has 1 saturated heterocycles. The van der Waals surface area contributed by atoms with Crippen molar-refractivity contribution in [3.63, 3.8) is 0 Å². The lowest BCUT2D eigenvalue weighted by atomic mass is 10.1. The number of benzene rings is 2. The fraction of sp³-hybridized carbons (Fsp3) is 0.300. The zero-order chi connectivity index (χ0) is 17.8. The molecule has 0 saturated carbocycles. The van der Waals surface area contributed by atoms with Crippen LogP contribution in [-0.2, 0) is 16.1 Å². The highest BCUT2D eigenvalue weighted by Crippen LogP contribution is 2.22. The van der Waals surface area contributed by atoms with E-state index in [9.17, 15) is 14.0 Å². The van der Waals surface area contributed by atoms with Crippen molar-refractivity contribution in [2.24, 2.45) is 5.92 Å². The standard InChI is InChI=1S/C20H21FN2O2/c1-14(16-5-3-2-4-6-16)22-20(25)17-11-19(24)23(13-17)12-15-7-9-18(21)10-8-15/h2-10,14,17H,11-13H2,1H3,(H,22,25). The number of hydrogen-bond donors (Lipinski definition) is 1. The summed E-state index contributed by atoms with van der Waals surface area (Å²) in [6, 6.07) is 15.7. The van der Waals surface area contributed by atoms with Crippen LogP contribution in [0.3, 0.4) is 0 Å². The highest BCUT2D eigenvalue weighted by Gasteiger charge is 2.34. The van der Waals surface area contributed by atoms with Crippen LogP contribution in [0.15, 0.2) is 54.6 Å². The molecule has 1 aliphatic heterocycles. The highest BCUT2D eigenvalue weighted by molar-refractivity contribution is 5.89. The third-order valence-electron chi connectivity index (χ3n) is 4.53. The number of nitrogens with zero attached hydrogens (tertiary/aromatic N) is 1. The normalized spacial score (nSPS) is 18.2. The van der Waals surface area contributed by atoms with Gasteiger partial charge in [-0.05, 0) is 30.2 Å². The minimum atomic E-state index is -0.348. The maximum absolute atomic E-state index is 13.0. The first-order chi connectivity index (χ1) is 12.0. The molecule has 1 N–H and O–H groups in total. The predicted molar refractivity (Wildman–Crippen MR) is 92.9 cm³/mol. The van der Waals surface area contributed by atoms with Crippen LogP contribution < -0.4 is 5.32 Å². The number of likely N-dealkylation sites (tertiary alicyclic amines) is 1. The molecule has 1 heterocycles. The zero-order valence-corrected chi connectivity index (χ0v) is 14.1. The number of nitrogens with one attached hydrogen (secondary N) is 1. The van der Waals surface area contributed by atoms with Gasteiger partial charge in [-0.3, -0.25) is 9.59 Å². The molecular weight excluding hydrogens is 319 g/mol. The molecule has 2 amide bonds. The van der Waals surface area contributed by atoms with Gasteiger partial charge in [0, 0.05) is 19.5 Å². The van der Waals surface area contributed by atoms with E-state index in [0.717, 1.165) is 11.1 Å². The van der Waals surface area contributed by atoms with Crippen LogP contribution in [-0.4, -0.2) is 23.3 Å². The highest BCUT2D eigenvalue weighted by atomic mass is 19.1. The van der Waals surface area contributed by atoms with E-state index < -0.39 is 0 Å². The number of halogens is 1.